The van der Waals surface area contributed by atoms with Crippen molar-refractivity contribution in [1.29, 1.82) is 0 Å². The van der Waals surface area contributed by atoms with E-state index >= 15 is 0 Å². The molecule has 0 atom stereocenters. The minimum Gasteiger partial charge on any atom is -0.355 e. The van der Waals surface area contributed by atoms with Gasteiger partial charge in [0, 0.05) is 13.1 Å². The Labute approximate surface area is 102 Å². The van der Waals surface area contributed by atoms with Crippen molar-refractivity contribution < 1.29 is 0 Å². The molecular formula is C12H18ClN3. The highest BCUT2D eigenvalue weighted by atomic mass is 35.5. The van der Waals surface area contributed by atoms with Crippen LogP contribution in [0.2, 0.25) is 0 Å². The second-order valence-electron chi connectivity index (χ2n) is 5.15. The number of rotatable bonds is 2. The average molecular weight is 240 g/mol. The molecule has 0 radical (unpaired) electrons. The van der Waals surface area contributed by atoms with Crippen LogP contribution in [0, 0.1) is 5.41 Å². The Morgan fingerprint density at radius 1 is 1.25 bits per heavy atom. The van der Waals surface area contributed by atoms with Gasteiger partial charge in [-0.1, -0.05) is 13.8 Å². The third kappa shape index (κ3) is 2.64. The smallest absolute Gasteiger partial charge is 0.147 e. The molecule has 0 unspecified atom stereocenters. The topological polar surface area (TPSA) is 29.0 Å². The predicted molar refractivity (Wildman–Crippen MR) is 66.8 cm³/mol. The summed E-state index contributed by atoms with van der Waals surface area (Å²) in [6.07, 6.45) is 6.02. The standard InChI is InChI=1S/C12H18ClN3/c1-12(2)3-5-16(6-4-12)11-9-14-10(7-13)8-15-11/h8-9H,3-7H2,1-2H3. The molecule has 88 valence electrons. The van der Waals surface area contributed by atoms with Gasteiger partial charge in [-0.3, -0.25) is 4.98 Å². The Hall–Kier alpha value is -0.830. The fraction of sp³-hybridized carbons (Fsp3) is 0.667. The zero-order chi connectivity index (χ0) is 11.6. The van der Waals surface area contributed by atoms with Gasteiger partial charge >= 0.3 is 0 Å². The Morgan fingerprint density at radius 3 is 2.44 bits per heavy atom. The molecule has 1 fully saturated rings. The van der Waals surface area contributed by atoms with Crippen LogP contribution in [0.5, 0.6) is 0 Å². The van der Waals surface area contributed by atoms with Gasteiger partial charge < -0.3 is 4.90 Å². The lowest BCUT2D eigenvalue weighted by atomic mass is 9.83. The van der Waals surface area contributed by atoms with E-state index in [1.54, 1.807) is 6.20 Å². The van der Waals surface area contributed by atoms with E-state index in [2.05, 4.69) is 28.7 Å². The first-order valence-corrected chi connectivity index (χ1v) is 6.26. The Morgan fingerprint density at radius 2 is 1.94 bits per heavy atom. The van der Waals surface area contributed by atoms with Crippen molar-refractivity contribution in [2.75, 3.05) is 18.0 Å². The van der Waals surface area contributed by atoms with E-state index in [9.17, 15) is 0 Å². The number of hydrogen-bond donors (Lipinski definition) is 0. The quantitative estimate of drug-likeness (QED) is 0.744. The molecule has 2 heterocycles. The number of alkyl halides is 1. The summed E-state index contributed by atoms with van der Waals surface area (Å²) in [6, 6.07) is 0. The van der Waals surface area contributed by atoms with Crippen LogP contribution < -0.4 is 4.90 Å². The van der Waals surface area contributed by atoms with Crippen molar-refractivity contribution in [2.24, 2.45) is 5.41 Å². The molecule has 0 aromatic carbocycles. The van der Waals surface area contributed by atoms with Gasteiger partial charge in [-0.25, -0.2) is 4.98 Å². The fourth-order valence-electron chi connectivity index (χ4n) is 1.92. The molecule has 0 bridgehead atoms. The van der Waals surface area contributed by atoms with Gasteiger partial charge in [-0.15, -0.1) is 11.6 Å². The molecule has 0 N–H and O–H groups in total. The lowest BCUT2D eigenvalue weighted by molar-refractivity contribution is 0.279. The van der Waals surface area contributed by atoms with Gasteiger partial charge in [0.1, 0.15) is 5.82 Å². The van der Waals surface area contributed by atoms with E-state index in [-0.39, 0.29) is 0 Å². The Balaban J connectivity index is 2.03. The number of aromatic nitrogens is 2. The zero-order valence-electron chi connectivity index (χ0n) is 9.91. The van der Waals surface area contributed by atoms with Crippen molar-refractivity contribution in [3.05, 3.63) is 18.1 Å². The Kier molecular flexibility index (Phi) is 3.33. The minimum absolute atomic E-state index is 0.431. The largest absolute Gasteiger partial charge is 0.355 e. The second kappa shape index (κ2) is 4.58. The average Bonchev–Trinajstić information content (AvgIpc) is 2.29. The van der Waals surface area contributed by atoms with Gasteiger partial charge in [0.25, 0.3) is 0 Å². The molecule has 0 spiro atoms. The van der Waals surface area contributed by atoms with Gasteiger partial charge in [-0.2, -0.15) is 0 Å². The van der Waals surface area contributed by atoms with E-state index in [1.165, 1.54) is 12.8 Å². The van der Waals surface area contributed by atoms with Crippen LogP contribution in [0.1, 0.15) is 32.4 Å². The van der Waals surface area contributed by atoms with Crippen LogP contribution in [0.25, 0.3) is 0 Å². The van der Waals surface area contributed by atoms with Crippen molar-refractivity contribution in [3.8, 4) is 0 Å². The summed E-state index contributed by atoms with van der Waals surface area (Å²) in [5.74, 6) is 1.41. The molecule has 1 aliphatic rings. The van der Waals surface area contributed by atoms with Crippen molar-refractivity contribution in [3.63, 3.8) is 0 Å². The Bertz CT molecular complexity index is 338. The van der Waals surface area contributed by atoms with Crippen molar-refractivity contribution >= 4 is 17.4 Å². The molecule has 1 aliphatic heterocycles. The van der Waals surface area contributed by atoms with Crippen molar-refractivity contribution in [2.45, 2.75) is 32.6 Å². The first kappa shape index (κ1) is 11.6. The molecule has 2 rings (SSSR count). The first-order valence-electron chi connectivity index (χ1n) is 5.72. The number of nitrogens with zero attached hydrogens (tertiary/aromatic N) is 3. The molecule has 1 aromatic heterocycles. The molecule has 0 aliphatic carbocycles. The monoisotopic (exact) mass is 239 g/mol. The highest BCUT2D eigenvalue weighted by Crippen LogP contribution is 2.31. The van der Waals surface area contributed by atoms with Crippen LogP contribution in [-0.4, -0.2) is 23.1 Å². The number of halogens is 1. The molecule has 3 nitrogen and oxygen atoms in total. The first-order chi connectivity index (χ1) is 7.61. The third-order valence-electron chi connectivity index (χ3n) is 3.27. The summed E-state index contributed by atoms with van der Waals surface area (Å²) < 4.78 is 0. The molecule has 1 aromatic rings. The third-order valence-corrected chi connectivity index (χ3v) is 3.54. The predicted octanol–water partition coefficient (Wildman–Crippen LogP) is 2.84. The minimum atomic E-state index is 0.431. The van der Waals surface area contributed by atoms with Crippen LogP contribution >= 0.6 is 11.6 Å². The number of hydrogen-bond acceptors (Lipinski definition) is 3. The SMILES string of the molecule is CC1(C)CCN(c2cnc(CCl)cn2)CC1. The number of piperidine rings is 1. The molecule has 1 saturated heterocycles. The summed E-state index contributed by atoms with van der Waals surface area (Å²) in [5.41, 5.74) is 1.31. The molecular weight excluding hydrogens is 222 g/mol. The molecule has 16 heavy (non-hydrogen) atoms. The van der Waals surface area contributed by atoms with Crippen molar-refractivity contribution in [1.82, 2.24) is 9.97 Å². The lowest BCUT2D eigenvalue weighted by Gasteiger charge is -2.37. The second-order valence-corrected chi connectivity index (χ2v) is 5.42. The van der Waals surface area contributed by atoms with Gasteiger partial charge in [0.2, 0.25) is 0 Å². The summed E-state index contributed by atoms with van der Waals surface area (Å²) in [7, 11) is 0. The highest BCUT2D eigenvalue weighted by Gasteiger charge is 2.25. The van der Waals surface area contributed by atoms with E-state index in [4.69, 9.17) is 11.6 Å². The summed E-state index contributed by atoms with van der Waals surface area (Å²) in [5, 5.41) is 0. The zero-order valence-corrected chi connectivity index (χ0v) is 10.7. The summed E-state index contributed by atoms with van der Waals surface area (Å²) >= 11 is 5.69. The van der Waals surface area contributed by atoms with Gasteiger partial charge in [0.05, 0.1) is 24.0 Å². The summed E-state index contributed by atoms with van der Waals surface area (Å²) in [6.45, 7) is 6.79. The molecule has 0 saturated carbocycles. The van der Waals surface area contributed by atoms with Crippen LogP contribution in [0.15, 0.2) is 12.4 Å². The summed E-state index contributed by atoms with van der Waals surface area (Å²) in [4.78, 5) is 11.0. The van der Waals surface area contributed by atoms with Crippen LogP contribution in [0.3, 0.4) is 0 Å². The maximum Gasteiger partial charge on any atom is 0.147 e. The van der Waals surface area contributed by atoms with E-state index in [1.807, 2.05) is 6.20 Å². The van der Waals surface area contributed by atoms with Crippen LogP contribution in [-0.2, 0) is 5.88 Å². The highest BCUT2D eigenvalue weighted by molar-refractivity contribution is 6.16. The van der Waals surface area contributed by atoms with E-state index in [0.29, 0.717) is 11.3 Å². The fourth-order valence-corrected chi connectivity index (χ4v) is 2.06. The lowest BCUT2D eigenvalue weighted by Crippen LogP contribution is -2.37. The van der Waals surface area contributed by atoms with E-state index < -0.39 is 0 Å². The van der Waals surface area contributed by atoms with Gasteiger partial charge in [0.15, 0.2) is 0 Å². The molecule has 0 amide bonds. The normalized spacial score (nSPS) is 19.8. The molecule has 4 heteroatoms. The number of anilines is 1. The van der Waals surface area contributed by atoms with Gasteiger partial charge in [-0.05, 0) is 18.3 Å². The van der Waals surface area contributed by atoms with E-state index in [0.717, 1.165) is 24.6 Å². The van der Waals surface area contributed by atoms with Crippen LogP contribution in [0.4, 0.5) is 5.82 Å². The maximum atomic E-state index is 5.69. The maximum absolute atomic E-state index is 5.69.